The molecule has 124 valence electrons. The van der Waals surface area contributed by atoms with Gasteiger partial charge in [0.15, 0.2) is 0 Å². The van der Waals surface area contributed by atoms with Gasteiger partial charge in [-0.3, -0.25) is 4.79 Å². The van der Waals surface area contributed by atoms with Gasteiger partial charge in [-0.15, -0.1) is 0 Å². The third kappa shape index (κ3) is 5.95. The summed E-state index contributed by atoms with van der Waals surface area (Å²) < 4.78 is 11.2. The Morgan fingerprint density at radius 3 is 2.38 bits per heavy atom. The molecule has 1 saturated carbocycles. The fraction of sp³-hybridized carbons (Fsp3) is 0.941. The van der Waals surface area contributed by atoms with Gasteiger partial charge in [-0.1, -0.05) is 13.8 Å². The maximum absolute atomic E-state index is 12.0. The van der Waals surface area contributed by atoms with Gasteiger partial charge in [-0.2, -0.15) is 0 Å². The van der Waals surface area contributed by atoms with Crippen LogP contribution in [0.1, 0.15) is 59.8 Å². The molecule has 4 heteroatoms. The summed E-state index contributed by atoms with van der Waals surface area (Å²) in [5, 5.41) is 3.09. The van der Waals surface area contributed by atoms with Gasteiger partial charge in [-0.05, 0) is 64.8 Å². The molecule has 1 aliphatic rings. The van der Waals surface area contributed by atoms with Crippen LogP contribution in [0.2, 0.25) is 0 Å². The van der Waals surface area contributed by atoms with Crippen LogP contribution in [0.25, 0.3) is 0 Å². The molecule has 0 spiro atoms. The summed E-state index contributed by atoms with van der Waals surface area (Å²) in [4.78, 5) is 12.0. The maximum atomic E-state index is 12.0. The van der Waals surface area contributed by atoms with Crippen molar-refractivity contribution in [1.29, 1.82) is 0 Å². The number of carbonyl (C=O) groups excluding carboxylic acids is 1. The lowest BCUT2D eigenvalue weighted by Gasteiger charge is -2.32. The molecule has 0 saturated heterocycles. The summed E-state index contributed by atoms with van der Waals surface area (Å²) in [6.07, 6.45) is 5.67. The molecule has 1 fully saturated rings. The van der Waals surface area contributed by atoms with E-state index in [1.54, 1.807) is 0 Å². The van der Waals surface area contributed by atoms with Crippen LogP contribution in [0.3, 0.4) is 0 Å². The number of esters is 1. The number of hydrogen-bond donors (Lipinski definition) is 1. The summed E-state index contributed by atoms with van der Waals surface area (Å²) in [5.41, 5.74) is -0.605. The monoisotopic (exact) mass is 299 g/mol. The second-order valence-corrected chi connectivity index (χ2v) is 6.82. The van der Waals surface area contributed by atoms with Crippen LogP contribution < -0.4 is 5.32 Å². The van der Waals surface area contributed by atoms with E-state index in [2.05, 4.69) is 19.2 Å². The van der Waals surface area contributed by atoms with Crippen LogP contribution in [0.15, 0.2) is 0 Å². The van der Waals surface area contributed by atoms with Crippen LogP contribution in [0.5, 0.6) is 0 Å². The molecule has 0 heterocycles. The van der Waals surface area contributed by atoms with Crippen molar-refractivity contribution < 1.29 is 14.3 Å². The van der Waals surface area contributed by atoms with Gasteiger partial charge in [0.1, 0.15) is 5.54 Å². The molecule has 0 aromatic rings. The van der Waals surface area contributed by atoms with E-state index in [0.717, 1.165) is 31.3 Å². The molecule has 0 amide bonds. The molecule has 0 aliphatic heterocycles. The Morgan fingerprint density at radius 1 is 1.24 bits per heavy atom. The molecule has 3 unspecified atom stereocenters. The Hall–Kier alpha value is -0.610. The standard InChI is InChI=1S/C17H33NO3/c1-6-20-16(19)17(4,18-5)8-7-9-21-15-11-13(2)10-14(3)12-15/h13-15,18H,6-12H2,1-5H3. The number of hydrogen-bond acceptors (Lipinski definition) is 4. The van der Waals surface area contributed by atoms with Gasteiger partial charge in [0.25, 0.3) is 0 Å². The summed E-state index contributed by atoms with van der Waals surface area (Å²) in [5.74, 6) is 1.36. The number of likely N-dealkylation sites (N-methyl/N-ethyl adjacent to an activating group) is 1. The first-order valence-corrected chi connectivity index (χ1v) is 8.39. The van der Waals surface area contributed by atoms with E-state index in [0.29, 0.717) is 12.7 Å². The molecular weight excluding hydrogens is 266 g/mol. The normalized spacial score (nSPS) is 28.9. The first kappa shape index (κ1) is 18.4. The van der Waals surface area contributed by atoms with Crippen LogP contribution in [0, 0.1) is 11.8 Å². The first-order chi connectivity index (χ1) is 9.91. The summed E-state index contributed by atoms with van der Waals surface area (Å²) in [6.45, 7) is 9.50. The highest BCUT2D eigenvalue weighted by Gasteiger charge is 2.32. The summed E-state index contributed by atoms with van der Waals surface area (Å²) in [7, 11) is 1.81. The van der Waals surface area contributed by atoms with Gasteiger partial charge in [-0.25, -0.2) is 0 Å². The average molecular weight is 299 g/mol. The van der Waals surface area contributed by atoms with E-state index in [9.17, 15) is 4.79 Å². The highest BCUT2D eigenvalue weighted by Crippen LogP contribution is 2.30. The van der Waals surface area contributed by atoms with E-state index in [1.807, 2.05) is 20.9 Å². The van der Waals surface area contributed by atoms with Crippen molar-refractivity contribution in [3.05, 3.63) is 0 Å². The van der Waals surface area contributed by atoms with Crippen molar-refractivity contribution >= 4 is 5.97 Å². The van der Waals surface area contributed by atoms with E-state index in [1.165, 1.54) is 19.3 Å². The van der Waals surface area contributed by atoms with Crippen LogP contribution >= 0.6 is 0 Å². The SMILES string of the molecule is CCOC(=O)C(C)(CCCOC1CC(C)CC(C)C1)NC. The number of carbonyl (C=O) groups is 1. The fourth-order valence-electron chi connectivity index (χ4n) is 3.30. The predicted molar refractivity (Wildman–Crippen MR) is 85.3 cm³/mol. The zero-order valence-corrected chi connectivity index (χ0v) is 14.4. The van der Waals surface area contributed by atoms with E-state index in [-0.39, 0.29) is 5.97 Å². The summed E-state index contributed by atoms with van der Waals surface area (Å²) in [6, 6.07) is 0. The Morgan fingerprint density at radius 2 is 1.86 bits per heavy atom. The second kappa shape index (κ2) is 8.74. The van der Waals surface area contributed by atoms with Gasteiger partial charge < -0.3 is 14.8 Å². The van der Waals surface area contributed by atoms with Gasteiger partial charge >= 0.3 is 5.97 Å². The molecule has 0 radical (unpaired) electrons. The highest BCUT2D eigenvalue weighted by molar-refractivity contribution is 5.80. The Kier molecular flexibility index (Phi) is 7.67. The molecule has 4 nitrogen and oxygen atoms in total. The van der Waals surface area contributed by atoms with Crippen molar-refractivity contribution in [2.24, 2.45) is 11.8 Å². The van der Waals surface area contributed by atoms with Crippen molar-refractivity contribution in [2.45, 2.75) is 71.4 Å². The van der Waals surface area contributed by atoms with Crippen LogP contribution in [0.4, 0.5) is 0 Å². The Bertz CT molecular complexity index is 311. The molecule has 21 heavy (non-hydrogen) atoms. The average Bonchev–Trinajstić information content (AvgIpc) is 2.42. The van der Waals surface area contributed by atoms with E-state index >= 15 is 0 Å². The molecule has 0 aromatic heterocycles. The zero-order valence-electron chi connectivity index (χ0n) is 14.4. The Balaban J connectivity index is 2.30. The highest BCUT2D eigenvalue weighted by atomic mass is 16.5. The molecule has 3 atom stereocenters. The second-order valence-electron chi connectivity index (χ2n) is 6.82. The molecule has 1 N–H and O–H groups in total. The van der Waals surface area contributed by atoms with Gasteiger partial charge in [0.05, 0.1) is 12.7 Å². The number of nitrogens with one attached hydrogen (secondary N) is 1. The number of rotatable bonds is 8. The quantitative estimate of drug-likeness (QED) is 0.552. The van der Waals surface area contributed by atoms with E-state index < -0.39 is 5.54 Å². The maximum Gasteiger partial charge on any atom is 0.326 e. The minimum atomic E-state index is -0.605. The smallest absolute Gasteiger partial charge is 0.326 e. The van der Waals surface area contributed by atoms with Crippen LogP contribution in [-0.4, -0.2) is 37.9 Å². The lowest BCUT2D eigenvalue weighted by molar-refractivity contribution is -0.150. The molecule has 0 bridgehead atoms. The fourth-order valence-corrected chi connectivity index (χ4v) is 3.30. The predicted octanol–water partition coefficient (Wildman–Crippen LogP) is 3.15. The minimum Gasteiger partial charge on any atom is -0.465 e. The minimum absolute atomic E-state index is 0.174. The lowest BCUT2D eigenvalue weighted by Crippen LogP contribution is -2.48. The van der Waals surface area contributed by atoms with Crippen molar-refractivity contribution in [3.8, 4) is 0 Å². The largest absolute Gasteiger partial charge is 0.465 e. The van der Waals surface area contributed by atoms with Crippen LogP contribution in [-0.2, 0) is 14.3 Å². The molecular formula is C17H33NO3. The molecule has 1 rings (SSSR count). The van der Waals surface area contributed by atoms with Crippen molar-refractivity contribution in [3.63, 3.8) is 0 Å². The topological polar surface area (TPSA) is 47.6 Å². The third-order valence-corrected chi connectivity index (χ3v) is 4.59. The van der Waals surface area contributed by atoms with Gasteiger partial charge in [0.2, 0.25) is 0 Å². The Labute approximate surface area is 130 Å². The van der Waals surface area contributed by atoms with E-state index in [4.69, 9.17) is 9.47 Å². The summed E-state index contributed by atoms with van der Waals surface area (Å²) >= 11 is 0. The third-order valence-electron chi connectivity index (χ3n) is 4.59. The molecule has 0 aromatic carbocycles. The van der Waals surface area contributed by atoms with Crippen molar-refractivity contribution in [1.82, 2.24) is 5.32 Å². The van der Waals surface area contributed by atoms with Crippen molar-refractivity contribution in [2.75, 3.05) is 20.3 Å². The zero-order chi connectivity index (χ0) is 15.9. The molecule has 1 aliphatic carbocycles. The lowest BCUT2D eigenvalue weighted by atomic mass is 9.82. The number of ether oxygens (including phenoxy) is 2. The first-order valence-electron chi connectivity index (χ1n) is 8.39. The van der Waals surface area contributed by atoms with Gasteiger partial charge in [0, 0.05) is 6.61 Å².